The SMILES string of the molecule is Cc1ccc(C(Oc2ccc(C(=O)N[C@H]3CCCN(C(=O)[C@H]4COC(=O)C4)C3)cc2)C(C)NC(=O)C(F)(F)F)cc1. The molecule has 2 aliphatic heterocycles. The van der Waals surface area contributed by atoms with Crippen LogP contribution in [0.5, 0.6) is 5.75 Å². The molecule has 0 saturated carbocycles. The van der Waals surface area contributed by atoms with E-state index in [1.807, 2.05) is 12.2 Å². The number of ether oxygens (including phenoxy) is 2. The minimum Gasteiger partial charge on any atom is -0.484 e. The second-order valence-electron chi connectivity index (χ2n) is 10.4. The zero-order valence-electron chi connectivity index (χ0n) is 22.7. The molecule has 4 atom stereocenters. The summed E-state index contributed by atoms with van der Waals surface area (Å²) in [7, 11) is 0. The van der Waals surface area contributed by atoms with E-state index in [4.69, 9.17) is 9.47 Å². The van der Waals surface area contributed by atoms with Crippen LogP contribution in [0.1, 0.15) is 53.8 Å². The largest absolute Gasteiger partial charge is 0.484 e. The maximum Gasteiger partial charge on any atom is 0.471 e. The molecule has 2 aromatic carbocycles. The molecule has 2 aliphatic rings. The summed E-state index contributed by atoms with van der Waals surface area (Å²) in [5.74, 6) is -3.15. The lowest BCUT2D eigenvalue weighted by Gasteiger charge is -2.34. The number of alkyl halides is 3. The van der Waals surface area contributed by atoms with Crippen molar-refractivity contribution in [2.24, 2.45) is 5.92 Å². The quantitative estimate of drug-likeness (QED) is 0.466. The summed E-state index contributed by atoms with van der Waals surface area (Å²) < 4.78 is 49.5. The fourth-order valence-corrected chi connectivity index (χ4v) is 4.90. The number of carbonyl (C=O) groups excluding carboxylic acids is 4. The number of piperidine rings is 1. The molecule has 41 heavy (non-hydrogen) atoms. The Morgan fingerprint density at radius 1 is 1.07 bits per heavy atom. The Bertz CT molecular complexity index is 1270. The van der Waals surface area contributed by atoms with Gasteiger partial charge in [-0.15, -0.1) is 0 Å². The summed E-state index contributed by atoms with van der Waals surface area (Å²) in [5.41, 5.74) is 1.85. The smallest absolute Gasteiger partial charge is 0.471 e. The molecule has 2 N–H and O–H groups in total. The maximum absolute atomic E-state index is 12.9. The van der Waals surface area contributed by atoms with Crippen molar-refractivity contribution in [1.82, 2.24) is 15.5 Å². The van der Waals surface area contributed by atoms with Crippen LogP contribution < -0.4 is 15.4 Å². The van der Waals surface area contributed by atoms with E-state index in [1.54, 1.807) is 29.2 Å². The highest BCUT2D eigenvalue weighted by Crippen LogP contribution is 2.27. The lowest BCUT2D eigenvalue weighted by Crippen LogP contribution is -2.51. The van der Waals surface area contributed by atoms with Crippen LogP contribution in [0, 0.1) is 12.8 Å². The van der Waals surface area contributed by atoms with E-state index >= 15 is 0 Å². The predicted octanol–water partition coefficient (Wildman–Crippen LogP) is 3.47. The first kappa shape index (κ1) is 29.9. The number of nitrogens with one attached hydrogen (secondary N) is 2. The summed E-state index contributed by atoms with van der Waals surface area (Å²) >= 11 is 0. The topological polar surface area (TPSA) is 114 Å². The van der Waals surface area contributed by atoms with E-state index in [9.17, 15) is 32.3 Å². The first-order valence-corrected chi connectivity index (χ1v) is 13.4. The number of aryl methyl sites for hydroxylation is 1. The van der Waals surface area contributed by atoms with Crippen LogP contribution in [-0.4, -0.2) is 66.5 Å². The Morgan fingerprint density at radius 3 is 2.37 bits per heavy atom. The van der Waals surface area contributed by atoms with Crippen molar-refractivity contribution >= 4 is 23.7 Å². The first-order chi connectivity index (χ1) is 19.4. The number of hydrogen-bond acceptors (Lipinski definition) is 6. The van der Waals surface area contributed by atoms with Crippen LogP contribution in [-0.2, 0) is 19.1 Å². The van der Waals surface area contributed by atoms with Crippen LogP contribution in [0.25, 0.3) is 0 Å². The molecule has 12 heteroatoms. The number of likely N-dealkylation sites (tertiary alicyclic amines) is 1. The average molecular weight is 576 g/mol. The van der Waals surface area contributed by atoms with Gasteiger partial charge in [-0.05, 0) is 56.5 Å². The van der Waals surface area contributed by atoms with Crippen molar-refractivity contribution < 1.29 is 41.8 Å². The molecular formula is C29H32F3N3O6. The molecule has 0 aromatic heterocycles. The average Bonchev–Trinajstić information content (AvgIpc) is 3.38. The molecule has 3 amide bonds. The van der Waals surface area contributed by atoms with Gasteiger partial charge in [0.2, 0.25) is 5.91 Å². The van der Waals surface area contributed by atoms with Crippen LogP contribution >= 0.6 is 0 Å². The van der Waals surface area contributed by atoms with Crippen molar-refractivity contribution in [2.75, 3.05) is 19.7 Å². The molecule has 2 heterocycles. The first-order valence-electron chi connectivity index (χ1n) is 13.4. The number of nitrogens with zero attached hydrogens (tertiary/aromatic N) is 1. The van der Waals surface area contributed by atoms with Crippen molar-refractivity contribution in [1.29, 1.82) is 0 Å². The Labute approximate surface area is 235 Å². The molecule has 2 fully saturated rings. The van der Waals surface area contributed by atoms with Gasteiger partial charge in [-0.2, -0.15) is 13.2 Å². The molecule has 220 valence electrons. The zero-order valence-corrected chi connectivity index (χ0v) is 22.7. The minimum atomic E-state index is -5.03. The molecular weight excluding hydrogens is 543 g/mol. The number of carbonyl (C=O) groups is 4. The minimum absolute atomic E-state index is 0.0685. The van der Waals surface area contributed by atoms with E-state index in [-0.39, 0.29) is 36.9 Å². The van der Waals surface area contributed by atoms with Crippen molar-refractivity contribution in [2.45, 2.75) is 57.5 Å². The third-order valence-corrected chi connectivity index (χ3v) is 7.13. The van der Waals surface area contributed by atoms with E-state index in [1.165, 1.54) is 31.2 Å². The highest BCUT2D eigenvalue weighted by molar-refractivity contribution is 5.94. The van der Waals surface area contributed by atoms with Gasteiger partial charge in [0.1, 0.15) is 18.5 Å². The number of halogens is 3. The molecule has 0 aliphatic carbocycles. The van der Waals surface area contributed by atoms with Gasteiger partial charge in [0.05, 0.1) is 18.4 Å². The van der Waals surface area contributed by atoms with Gasteiger partial charge >= 0.3 is 18.1 Å². The maximum atomic E-state index is 12.9. The van der Waals surface area contributed by atoms with Crippen LogP contribution in [0.15, 0.2) is 48.5 Å². The fraction of sp³-hybridized carbons (Fsp3) is 0.448. The van der Waals surface area contributed by atoms with Crippen LogP contribution in [0.2, 0.25) is 0 Å². The molecule has 0 spiro atoms. The van der Waals surface area contributed by atoms with Gasteiger partial charge in [0.25, 0.3) is 5.91 Å². The number of amides is 3. The van der Waals surface area contributed by atoms with Gasteiger partial charge < -0.3 is 25.0 Å². The Morgan fingerprint density at radius 2 is 1.76 bits per heavy atom. The van der Waals surface area contributed by atoms with E-state index in [0.29, 0.717) is 42.8 Å². The van der Waals surface area contributed by atoms with Crippen LogP contribution in [0.3, 0.4) is 0 Å². The molecule has 2 aromatic rings. The zero-order chi connectivity index (χ0) is 29.7. The molecule has 0 bridgehead atoms. The second kappa shape index (κ2) is 12.6. The van der Waals surface area contributed by atoms with Crippen LogP contribution in [0.4, 0.5) is 13.2 Å². The van der Waals surface area contributed by atoms with Gasteiger partial charge in [-0.3, -0.25) is 19.2 Å². The fourth-order valence-electron chi connectivity index (χ4n) is 4.90. The number of rotatable bonds is 8. The van der Waals surface area contributed by atoms with Crippen molar-refractivity contribution in [3.05, 3.63) is 65.2 Å². The monoisotopic (exact) mass is 575 g/mol. The van der Waals surface area contributed by atoms with Gasteiger partial charge in [0, 0.05) is 24.7 Å². The van der Waals surface area contributed by atoms with Gasteiger partial charge in [0.15, 0.2) is 0 Å². The van der Waals surface area contributed by atoms with Crippen molar-refractivity contribution in [3.63, 3.8) is 0 Å². The summed E-state index contributed by atoms with van der Waals surface area (Å²) in [5, 5.41) is 4.89. The number of esters is 1. The highest BCUT2D eigenvalue weighted by Gasteiger charge is 2.40. The summed E-state index contributed by atoms with van der Waals surface area (Å²) in [6.07, 6.45) is -4.51. The lowest BCUT2D eigenvalue weighted by molar-refractivity contribution is -0.174. The van der Waals surface area contributed by atoms with Gasteiger partial charge in [-0.25, -0.2) is 0 Å². The van der Waals surface area contributed by atoms with Crippen molar-refractivity contribution in [3.8, 4) is 5.75 Å². The summed E-state index contributed by atoms with van der Waals surface area (Å²) in [4.78, 5) is 50.2. The Hall–Kier alpha value is -4.09. The van der Waals surface area contributed by atoms with Gasteiger partial charge in [-0.1, -0.05) is 29.8 Å². The molecule has 2 saturated heterocycles. The van der Waals surface area contributed by atoms with E-state index in [0.717, 1.165) is 5.56 Å². The predicted molar refractivity (Wildman–Crippen MR) is 141 cm³/mol. The Balaban J connectivity index is 1.39. The summed E-state index contributed by atoms with van der Waals surface area (Å²) in [6, 6.07) is 11.8. The van der Waals surface area contributed by atoms with E-state index < -0.39 is 30.1 Å². The molecule has 0 radical (unpaired) electrons. The lowest BCUT2D eigenvalue weighted by atomic mass is 10.0. The Kier molecular flexibility index (Phi) is 9.19. The van der Waals surface area contributed by atoms with E-state index in [2.05, 4.69) is 5.32 Å². The number of cyclic esters (lactones) is 1. The molecule has 2 unspecified atom stereocenters. The third kappa shape index (κ3) is 7.77. The molecule has 4 rings (SSSR count). The number of benzene rings is 2. The normalized spacial score (nSPS) is 20.5. The molecule has 9 nitrogen and oxygen atoms in total. The second-order valence-corrected chi connectivity index (χ2v) is 10.4. The summed E-state index contributed by atoms with van der Waals surface area (Å²) in [6.45, 7) is 4.25. The highest BCUT2D eigenvalue weighted by atomic mass is 19.4. The standard InChI is InChI=1S/C29H32F3N3O6/c1-17-5-7-19(8-6-17)25(18(2)33-28(39)29(30,31)32)41-23-11-9-20(10-12-23)26(37)34-22-4-3-13-35(15-22)27(38)21-14-24(36)40-16-21/h5-12,18,21-22,25H,3-4,13-16H2,1-2H3,(H,33,39)(H,34,37)/t18?,21-,22+,25?/m1/s1. The third-order valence-electron chi connectivity index (χ3n) is 7.13. The number of hydrogen-bond donors (Lipinski definition) is 2.